The van der Waals surface area contributed by atoms with Crippen molar-refractivity contribution in [3.63, 3.8) is 0 Å². The van der Waals surface area contributed by atoms with E-state index >= 15 is 0 Å². The van der Waals surface area contributed by atoms with Crippen LogP contribution in [0.2, 0.25) is 0 Å². The summed E-state index contributed by atoms with van der Waals surface area (Å²) in [5.41, 5.74) is 3.06. The van der Waals surface area contributed by atoms with Crippen molar-refractivity contribution in [1.29, 1.82) is 0 Å². The molecule has 4 aromatic rings. The van der Waals surface area contributed by atoms with Crippen LogP contribution >= 0.6 is 0 Å². The number of anilines is 1. The zero-order valence-corrected chi connectivity index (χ0v) is 18.8. The Balaban J connectivity index is 1.19. The molecule has 33 heavy (non-hydrogen) atoms. The lowest BCUT2D eigenvalue weighted by molar-refractivity contribution is 0.191. The quantitative estimate of drug-likeness (QED) is 0.523. The number of carbonyl (C=O) groups excluding carboxylic acids is 1. The molecule has 1 fully saturated rings. The van der Waals surface area contributed by atoms with Gasteiger partial charge in [-0.05, 0) is 23.3 Å². The molecular weight excluding hydrogens is 414 g/mol. The largest absolute Gasteiger partial charge is 0.337 e. The highest BCUT2D eigenvalue weighted by atomic mass is 16.2. The number of aromatic nitrogens is 4. The van der Waals surface area contributed by atoms with Crippen LogP contribution in [0.25, 0.3) is 21.9 Å². The van der Waals surface area contributed by atoms with E-state index < -0.39 is 0 Å². The Morgan fingerprint density at radius 3 is 2.39 bits per heavy atom. The molecule has 0 unspecified atom stereocenters. The van der Waals surface area contributed by atoms with Gasteiger partial charge in [-0.1, -0.05) is 42.5 Å². The van der Waals surface area contributed by atoms with Crippen molar-refractivity contribution in [1.82, 2.24) is 30.0 Å². The van der Waals surface area contributed by atoms with Gasteiger partial charge in [0.1, 0.15) is 0 Å². The highest BCUT2D eigenvalue weighted by molar-refractivity contribution is 5.86. The van der Waals surface area contributed by atoms with Crippen LogP contribution in [0.4, 0.5) is 10.7 Å². The van der Waals surface area contributed by atoms with Gasteiger partial charge in [0, 0.05) is 62.9 Å². The van der Waals surface area contributed by atoms with Crippen LogP contribution in [0, 0.1) is 0 Å². The molecule has 8 heteroatoms. The maximum Gasteiger partial charge on any atom is 0.317 e. The molecule has 2 amide bonds. The Morgan fingerprint density at radius 1 is 0.939 bits per heavy atom. The van der Waals surface area contributed by atoms with Crippen LogP contribution < -0.4 is 10.2 Å². The minimum atomic E-state index is -0.0787. The number of rotatable bonds is 4. The molecule has 2 aromatic heterocycles. The van der Waals surface area contributed by atoms with Crippen molar-refractivity contribution in [2.45, 2.75) is 13.0 Å². The molecule has 8 nitrogen and oxygen atoms in total. The number of amides is 2. The smallest absolute Gasteiger partial charge is 0.317 e. The molecule has 3 heterocycles. The Kier molecular flexibility index (Phi) is 5.64. The summed E-state index contributed by atoms with van der Waals surface area (Å²) in [4.78, 5) is 26.0. The van der Waals surface area contributed by atoms with Gasteiger partial charge in [-0.2, -0.15) is 5.10 Å². The summed E-state index contributed by atoms with van der Waals surface area (Å²) in [5, 5.41) is 9.71. The second kappa shape index (κ2) is 8.90. The fourth-order valence-electron chi connectivity index (χ4n) is 4.30. The summed E-state index contributed by atoms with van der Waals surface area (Å²) < 4.78 is 1.76. The molecule has 1 aliphatic heterocycles. The zero-order valence-electron chi connectivity index (χ0n) is 18.8. The van der Waals surface area contributed by atoms with Crippen molar-refractivity contribution in [3.8, 4) is 11.1 Å². The van der Waals surface area contributed by atoms with Crippen LogP contribution in [0.1, 0.15) is 18.5 Å². The van der Waals surface area contributed by atoms with Crippen LogP contribution in [0.3, 0.4) is 0 Å². The molecule has 0 spiro atoms. The van der Waals surface area contributed by atoms with Gasteiger partial charge in [0.05, 0.1) is 12.2 Å². The van der Waals surface area contributed by atoms with E-state index in [0.717, 1.165) is 16.7 Å². The maximum atomic E-state index is 12.9. The molecule has 1 N–H and O–H groups in total. The minimum Gasteiger partial charge on any atom is -0.337 e. The summed E-state index contributed by atoms with van der Waals surface area (Å²) in [6.45, 7) is 4.68. The summed E-state index contributed by atoms with van der Waals surface area (Å²) in [5.74, 6) is 0.687. The predicted octanol–water partition coefficient (Wildman–Crippen LogP) is 3.62. The zero-order chi connectivity index (χ0) is 22.8. The molecule has 1 aliphatic rings. The minimum absolute atomic E-state index is 0.0390. The summed E-state index contributed by atoms with van der Waals surface area (Å²) in [6.07, 6.45) is 7.39. The van der Waals surface area contributed by atoms with Crippen LogP contribution in [0.5, 0.6) is 0 Å². The predicted molar refractivity (Wildman–Crippen MR) is 129 cm³/mol. The van der Waals surface area contributed by atoms with Gasteiger partial charge in [0.15, 0.2) is 0 Å². The summed E-state index contributed by atoms with van der Waals surface area (Å²) >= 11 is 0. The molecule has 5 rings (SSSR count). The normalized spacial score (nSPS) is 15.0. The second-order valence-corrected chi connectivity index (χ2v) is 8.39. The Bertz CT molecular complexity index is 1250. The van der Waals surface area contributed by atoms with E-state index in [1.807, 2.05) is 55.7 Å². The SMILES string of the molecule is C[C@H](NC(=O)N1CCN(c2ncc(-c3cnn(C)c3)cn2)CC1)c1cccc2ccccc12. The van der Waals surface area contributed by atoms with Crippen molar-refractivity contribution < 1.29 is 4.79 Å². The molecular formula is C25H27N7O. The number of hydrogen-bond donors (Lipinski definition) is 1. The highest BCUT2D eigenvalue weighted by Gasteiger charge is 2.24. The number of piperazine rings is 1. The topological polar surface area (TPSA) is 79.2 Å². The molecule has 168 valence electrons. The van der Waals surface area contributed by atoms with E-state index in [1.54, 1.807) is 10.9 Å². The average molecular weight is 442 g/mol. The van der Waals surface area contributed by atoms with Gasteiger partial charge in [-0.25, -0.2) is 14.8 Å². The monoisotopic (exact) mass is 441 g/mol. The molecule has 0 saturated carbocycles. The van der Waals surface area contributed by atoms with Gasteiger partial charge in [-0.3, -0.25) is 4.68 Å². The van der Waals surface area contributed by atoms with E-state index in [0.29, 0.717) is 32.1 Å². The maximum absolute atomic E-state index is 12.9. The Morgan fingerprint density at radius 2 is 1.67 bits per heavy atom. The van der Waals surface area contributed by atoms with E-state index in [9.17, 15) is 4.79 Å². The number of hydrogen-bond acceptors (Lipinski definition) is 5. The number of carbonyl (C=O) groups is 1. The number of nitrogens with zero attached hydrogens (tertiary/aromatic N) is 6. The summed E-state index contributed by atoms with van der Waals surface area (Å²) in [7, 11) is 1.89. The number of aryl methyl sites for hydroxylation is 1. The van der Waals surface area contributed by atoms with Crippen molar-refractivity contribution in [2.24, 2.45) is 7.05 Å². The lowest BCUT2D eigenvalue weighted by Crippen LogP contribution is -2.52. The number of nitrogens with one attached hydrogen (secondary N) is 1. The lowest BCUT2D eigenvalue weighted by atomic mass is 10.00. The van der Waals surface area contributed by atoms with E-state index in [-0.39, 0.29) is 12.1 Å². The first-order valence-electron chi connectivity index (χ1n) is 11.2. The summed E-state index contributed by atoms with van der Waals surface area (Å²) in [6, 6.07) is 14.4. The van der Waals surface area contributed by atoms with Crippen LogP contribution in [-0.2, 0) is 7.05 Å². The van der Waals surface area contributed by atoms with Crippen LogP contribution in [-0.4, -0.2) is 56.9 Å². The van der Waals surface area contributed by atoms with Crippen molar-refractivity contribution in [3.05, 3.63) is 72.8 Å². The molecule has 1 atom stereocenters. The van der Waals surface area contributed by atoms with Gasteiger partial charge in [0.2, 0.25) is 5.95 Å². The first-order valence-corrected chi connectivity index (χ1v) is 11.2. The third kappa shape index (κ3) is 4.37. The van der Waals surface area contributed by atoms with Gasteiger partial charge >= 0.3 is 6.03 Å². The number of fused-ring (bicyclic) bond motifs is 1. The second-order valence-electron chi connectivity index (χ2n) is 8.39. The Labute approximate surface area is 192 Å². The molecule has 0 aliphatic carbocycles. The third-order valence-electron chi connectivity index (χ3n) is 6.16. The van der Waals surface area contributed by atoms with Gasteiger partial charge in [-0.15, -0.1) is 0 Å². The molecule has 1 saturated heterocycles. The fraction of sp³-hybridized carbons (Fsp3) is 0.280. The van der Waals surface area contributed by atoms with E-state index in [1.165, 1.54) is 10.8 Å². The van der Waals surface area contributed by atoms with Crippen LogP contribution in [0.15, 0.2) is 67.3 Å². The Hall–Kier alpha value is -3.94. The molecule has 0 radical (unpaired) electrons. The van der Waals surface area contributed by atoms with E-state index in [2.05, 4.69) is 49.5 Å². The average Bonchev–Trinajstić information content (AvgIpc) is 3.30. The van der Waals surface area contributed by atoms with Crippen molar-refractivity contribution >= 4 is 22.8 Å². The molecule has 2 aromatic carbocycles. The first kappa shape index (κ1) is 20.9. The van der Waals surface area contributed by atoms with E-state index in [4.69, 9.17) is 0 Å². The fourth-order valence-corrected chi connectivity index (χ4v) is 4.30. The number of urea groups is 1. The number of benzene rings is 2. The van der Waals surface area contributed by atoms with Gasteiger partial charge in [0.25, 0.3) is 0 Å². The lowest BCUT2D eigenvalue weighted by Gasteiger charge is -2.35. The molecule has 0 bridgehead atoms. The van der Waals surface area contributed by atoms with Crippen molar-refractivity contribution in [2.75, 3.05) is 31.1 Å². The third-order valence-corrected chi connectivity index (χ3v) is 6.16. The highest BCUT2D eigenvalue weighted by Crippen LogP contribution is 2.24. The standard InChI is InChI=1S/C25H27N7O/c1-18(22-9-5-7-19-6-3-4-8-23(19)22)29-25(33)32-12-10-31(11-13-32)24-26-14-20(15-27-24)21-16-28-30(2)17-21/h3-9,14-18H,10-13H2,1-2H3,(H,29,33)/t18-/m0/s1. The van der Waals surface area contributed by atoms with Gasteiger partial charge < -0.3 is 15.1 Å². The first-order chi connectivity index (χ1) is 16.1.